The molecule has 2 aromatic heterocycles. The first-order chi connectivity index (χ1) is 11.2. The van der Waals surface area contributed by atoms with E-state index in [9.17, 15) is 0 Å². The van der Waals surface area contributed by atoms with Gasteiger partial charge in [-0.15, -0.1) is 11.3 Å². The molecule has 4 aromatic rings. The van der Waals surface area contributed by atoms with E-state index < -0.39 is 0 Å². The molecule has 0 saturated heterocycles. The van der Waals surface area contributed by atoms with Crippen LogP contribution in [0.4, 0.5) is 11.5 Å². The smallest absolute Gasteiger partial charge is 0.144 e. The molecule has 0 fully saturated rings. The van der Waals surface area contributed by atoms with Crippen LogP contribution in [0.1, 0.15) is 0 Å². The molecular formula is C17H14N4OS. The molecular weight excluding hydrogens is 308 g/mol. The number of rotatable bonds is 2. The van der Waals surface area contributed by atoms with E-state index in [1.54, 1.807) is 18.4 Å². The van der Waals surface area contributed by atoms with Gasteiger partial charge in [-0.25, -0.2) is 9.97 Å². The molecule has 6 heteroatoms. The number of fused-ring (bicyclic) bond motifs is 3. The SMILES string of the molecule is COc1cc(-c2ccc3c(c2)sc2c(N)ncnc23)ccc1N. The summed E-state index contributed by atoms with van der Waals surface area (Å²) in [4.78, 5) is 8.42. The van der Waals surface area contributed by atoms with Gasteiger partial charge in [-0.2, -0.15) is 0 Å². The Hall–Kier alpha value is -2.86. The van der Waals surface area contributed by atoms with Crippen LogP contribution < -0.4 is 16.2 Å². The van der Waals surface area contributed by atoms with Crippen LogP contribution in [0.15, 0.2) is 42.7 Å². The van der Waals surface area contributed by atoms with Crippen LogP contribution in [0.25, 0.3) is 31.4 Å². The Bertz CT molecular complexity index is 1040. The van der Waals surface area contributed by atoms with Crippen LogP contribution >= 0.6 is 11.3 Å². The molecule has 0 aliphatic heterocycles. The third kappa shape index (κ3) is 2.15. The van der Waals surface area contributed by atoms with Crippen LogP contribution in [0.5, 0.6) is 5.75 Å². The van der Waals surface area contributed by atoms with Crippen molar-refractivity contribution in [2.24, 2.45) is 0 Å². The molecule has 2 aromatic carbocycles. The molecule has 0 radical (unpaired) electrons. The fourth-order valence-corrected chi connectivity index (χ4v) is 3.76. The molecule has 0 spiro atoms. The van der Waals surface area contributed by atoms with Crippen LogP contribution in [0.3, 0.4) is 0 Å². The minimum Gasteiger partial charge on any atom is -0.495 e. The van der Waals surface area contributed by atoms with E-state index in [0.717, 1.165) is 31.4 Å². The van der Waals surface area contributed by atoms with Gasteiger partial charge in [0.1, 0.15) is 17.9 Å². The molecule has 0 bridgehead atoms. The lowest BCUT2D eigenvalue weighted by Gasteiger charge is -2.07. The fraction of sp³-hybridized carbons (Fsp3) is 0.0588. The minimum atomic E-state index is 0.520. The van der Waals surface area contributed by atoms with Crippen LogP contribution in [0.2, 0.25) is 0 Å². The van der Waals surface area contributed by atoms with Gasteiger partial charge in [-0.05, 0) is 29.3 Å². The van der Waals surface area contributed by atoms with E-state index in [1.807, 2.05) is 18.2 Å². The highest BCUT2D eigenvalue weighted by Crippen LogP contribution is 2.37. The number of nitrogens with two attached hydrogens (primary N) is 2. The second kappa shape index (κ2) is 5.10. The first-order valence-electron chi connectivity index (χ1n) is 7.04. The summed E-state index contributed by atoms with van der Waals surface area (Å²) in [6.45, 7) is 0. The maximum absolute atomic E-state index is 5.95. The summed E-state index contributed by atoms with van der Waals surface area (Å²) in [5, 5.41) is 1.09. The molecule has 0 unspecified atom stereocenters. The van der Waals surface area contributed by atoms with E-state index in [1.165, 1.54) is 6.33 Å². The van der Waals surface area contributed by atoms with Gasteiger partial charge < -0.3 is 16.2 Å². The number of ether oxygens (including phenoxy) is 1. The number of nitrogen functional groups attached to an aromatic ring is 2. The molecule has 0 aliphatic carbocycles. The Morgan fingerprint density at radius 1 is 1.00 bits per heavy atom. The zero-order valence-corrected chi connectivity index (χ0v) is 13.2. The van der Waals surface area contributed by atoms with Crippen molar-refractivity contribution in [3.05, 3.63) is 42.7 Å². The summed E-state index contributed by atoms with van der Waals surface area (Å²) in [6.07, 6.45) is 1.50. The summed E-state index contributed by atoms with van der Waals surface area (Å²) >= 11 is 1.60. The average molecular weight is 322 g/mol. The normalized spacial score (nSPS) is 11.2. The summed E-state index contributed by atoms with van der Waals surface area (Å²) in [5.41, 5.74) is 15.5. The van der Waals surface area contributed by atoms with Gasteiger partial charge in [0.05, 0.1) is 23.0 Å². The molecule has 0 aliphatic rings. The summed E-state index contributed by atoms with van der Waals surface area (Å²) in [6, 6.07) is 12.0. The first kappa shape index (κ1) is 13.8. The summed E-state index contributed by atoms with van der Waals surface area (Å²) in [7, 11) is 1.62. The van der Waals surface area contributed by atoms with Crippen molar-refractivity contribution in [2.45, 2.75) is 0 Å². The largest absolute Gasteiger partial charge is 0.495 e. The van der Waals surface area contributed by atoms with Gasteiger partial charge in [0, 0.05) is 10.1 Å². The second-order valence-corrected chi connectivity index (χ2v) is 6.26. The zero-order chi connectivity index (χ0) is 16.0. The lowest BCUT2D eigenvalue weighted by molar-refractivity contribution is 0.417. The third-order valence-electron chi connectivity index (χ3n) is 3.85. The van der Waals surface area contributed by atoms with Crippen molar-refractivity contribution >= 4 is 43.1 Å². The van der Waals surface area contributed by atoms with E-state index in [-0.39, 0.29) is 0 Å². The number of hydrogen-bond donors (Lipinski definition) is 2. The summed E-state index contributed by atoms with van der Waals surface area (Å²) < 4.78 is 7.35. The molecule has 114 valence electrons. The van der Waals surface area contributed by atoms with Gasteiger partial charge in [0.25, 0.3) is 0 Å². The highest BCUT2D eigenvalue weighted by Gasteiger charge is 2.11. The van der Waals surface area contributed by atoms with Gasteiger partial charge in [-0.1, -0.05) is 18.2 Å². The number of thiophene rings is 1. The molecule has 4 N–H and O–H groups in total. The van der Waals surface area contributed by atoms with Crippen molar-refractivity contribution in [2.75, 3.05) is 18.6 Å². The number of benzene rings is 2. The highest BCUT2D eigenvalue weighted by molar-refractivity contribution is 7.26. The number of nitrogens with zero attached hydrogens (tertiary/aromatic N) is 2. The van der Waals surface area contributed by atoms with Crippen LogP contribution in [-0.4, -0.2) is 17.1 Å². The lowest BCUT2D eigenvalue weighted by atomic mass is 10.0. The number of aromatic nitrogens is 2. The maximum Gasteiger partial charge on any atom is 0.144 e. The second-order valence-electron chi connectivity index (χ2n) is 5.21. The van der Waals surface area contributed by atoms with E-state index >= 15 is 0 Å². The van der Waals surface area contributed by atoms with Gasteiger partial charge in [0.2, 0.25) is 0 Å². The van der Waals surface area contributed by atoms with Gasteiger partial charge in [-0.3, -0.25) is 0 Å². The maximum atomic E-state index is 5.95. The Morgan fingerprint density at radius 3 is 2.61 bits per heavy atom. The molecule has 2 heterocycles. The number of anilines is 2. The van der Waals surface area contributed by atoms with E-state index in [4.69, 9.17) is 16.2 Å². The molecule has 23 heavy (non-hydrogen) atoms. The standard InChI is InChI=1S/C17H14N4OS/c1-22-13-6-9(3-5-12(13)18)10-2-4-11-14(7-10)23-16-15(11)20-8-21-17(16)19/h2-8H,18H2,1H3,(H2,19,20,21). The first-order valence-corrected chi connectivity index (χ1v) is 7.85. The zero-order valence-electron chi connectivity index (χ0n) is 12.4. The fourth-order valence-electron chi connectivity index (χ4n) is 2.66. The third-order valence-corrected chi connectivity index (χ3v) is 5.01. The number of hydrogen-bond acceptors (Lipinski definition) is 6. The van der Waals surface area contributed by atoms with Crippen LogP contribution in [-0.2, 0) is 0 Å². The van der Waals surface area contributed by atoms with Crippen molar-refractivity contribution in [1.29, 1.82) is 0 Å². The monoisotopic (exact) mass is 322 g/mol. The predicted octanol–water partition coefficient (Wildman–Crippen LogP) is 3.68. The Balaban J connectivity index is 1.92. The van der Waals surface area contributed by atoms with Gasteiger partial charge >= 0.3 is 0 Å². The Kier molecular flexibility index (Phi) is 3.06. The minimum absolute atomic E-state index is 0.520. The van der Waals surface area contributed by atoms with Crippen molar-refractivity contribution < 1.29 is 4.74 Å². The van der Waals surface area contributed by atoms with E-state index in [2.05, 4.69) is 28.2 Å². The van der Waals surface area contributed by atoms with Gasteiger partial charge in [0.15, 0.2) is 0 Å². The lowest BCUT2D eigenvalue weighted by Crippen LogP contribution is -1.92. The van der Waals surface area contributed by atoms with Crippen molar-refractivity contribution in [3.63, 3.8) is 0 Å². The van der Waals surface area contributed by atoms with Crippen molar-refractivity contribution in [1.82, 2.24) is 9.97 Å². The molecule has 0 atom stereocenters. The highest BCUT2D eigenvalue weighted by atomic mass is 32.1. The van der Waals surface area contributed by atoms with Crippen LogP contribution in [0, 0.1) is 0 Å². The molecule has 0 amide bonds. The quantitative estimate of drug-likeness (QED) is 0.550. The number of methoxy groups -OCH3 is 1. The molecule has 0 saturated carbocycles. The summed E-state index contributed by atoms with van der Waals surface area (Å²) in [5.74, 6) is 1.20. The predicted molar refractivity (Wildman–Crippen MR) is 95.7 cm³/mol. The Morgan fingerprint density at radius 2 is 1.78 bits per heavy atom. The van der Waals surface area contributed by atoms with E-state index in [0.29, 0.717) is 17.3 Å². The average Bonchev–Trinajstić information content (AvgIpc) is 2.94. The van der Waals surface area contributed by atoms with Crippen molar-refractivity contribution in [3.8, 4) is 16.9 Å². The molecule has 4 rings (SSSR count). The Labute approximate surface area is 136 Å². The topological polar surface area (TPSA) is 87.0 Å². The molecule has 5 nitrogen and oxygen atoms in total.